The molecule has 2 heterocycles. The first-order valence-corrected chi connectivity index (χ1v) is 10.0. The number of aromatic amines is 1. The van der Waals surface area contributed by atoms with Gasteiger partial charge in [-0.2, -0.15) is 11.8 Å². The molecule has 1 aliphatic rings. The van der Waals surface area contributed by atoms with Crippen molar-refractivity contribution in [2.45, 2.75) is 55.8 Å². The third-order valence-electron chi connectivity index (χ3n) is 3.50. The van der Waals surface area contributed by atoms with E-state index in [0.29, 0.717) is 29.3 Å². The summed E-state index contributed by atoms with van der Waals surface area (Å²) < 4.78 is 27.3. The van der Waals surface area contributed by atoms with Crippen molar-refractivity contribution in [2.24, 2.45) is 0 Å². The molecule has 1 aliphatic heterocycles. The molecule has 5 nitrogen and oxygen atoms in total. The van der Waals surface area contributed by atoms with E-state index in [4.69, 9.17) is 0 Å². The summed E-state index contributed by atoms with van der Waals surface area (Å²) in [7, 11) is -3.40. The highest BCUT2D eigenvalue weighted by molar-refractivity contribution is 8.00. The average molecular weight is 332 g/mol. The molecule has 1 aromatic heterocycles. The van der Waals surface area contributed by atoms with E-state index in [0.717, 1.165) is 17.9 Å². The molecule has 1 aromatic rings. The minimum Gasteiger partial charge on any atom is -0.363 e. The second kappa shape index (κ2) is 7.67. The zero-order valence-electron chi connectivity index (χ0n) is 12.7. The highest BCUT2D eigenvalue weighted by Crippen LogP contribution is 2.24. The Morgan fingerprint density at radius 2 is 2.24 bits per heavy atom. The zero-order chi connectivity index (χ0) is 15.3. The topological polar surface area (TPSA) is 74.0 Å². The van der Waals surface area contributed by atoms with Gasteiger partial charge in [0, 0.05) is 36.3 Å². The number of hydrogen-bond donors (Lipinski definition) is 3. The lowest BCUT2D eigenvalue weighted by Gasteiger charge is -2.21. The van der Waals surface area contributed by atoms with Gasteiger partial charge >= 0.3 is 0 Å². The second-order valence-corrected chi connectivity index (χ2v) is 8.91. The number of aromatic nitrogens is 1. The summed E-state index contributed by atoms with van der Waals surface area (Å²) in [5.41, 5.74) is 0.885. The third kappa shape index (κ3) is 5.32. The van der Waals surface area contributed by atoms with E-state index in [1.807, 2.05) is 11.8 Å². The van der Waals surface area contributed by atoms with Crippen LogP contribution in [0.4, 0.5) is 0 Å². The molecule has 0 amide bonds. The predicted molar refractivity (Wildman–Crippen MR) is 88.1 cm³/mol. The summed E-state index contributed by atoms with van der Waals surface area (Å²) in [5.74, 6) is 1.14. The van der Waals surface area contributed by atoms with Crippen LogP contribution in [-0.2, 0) is 16.6 Å². The quantitative estimate of drug-likeness (QED) is 0.715. The normalized spacial score (nSPS) is 20.0. The van der Waals surface area contributed by atoms with Crippen molar-refractivity contribution in [1.82, 2.24) is 15.0 Å². The molecule has 0 bridgehead atoms. The van der Waals surface area contributed by atoms with Crippen LogP contribution < -0.4 is 10.0 Å². The van der Waals surface area contributed by atoms with Gasteiger partial charge in [-0.1, -0.05) is 20.3 Å². The zero-order valence-corrected chi connectivity index (χ0v) is 14.3. The van der Waals surface area contributed by atoms with Crippen molar-refractivity contribution in [3.63, 3.8) is 0 Å². The maximum atomic E-state index is 12.3. The molecular weight excluding hydrogens is 306 g/mol. The molecule has 1 atom stereocenters. The maximum absolute atomic E-state index is 12.3. The lowest BCUT2D eigenvalue weighted by Crippen LogP contribution is -2.31. The Morgan fingerprint density at radius 1 is 1.43 bits per heavy atom. The molecule has 0 aliphatic carbocycles. The Morgan fingerprint density at radius 3 is 2.90 bits per heavy atom. The monoisotopic (exact) mass is 331 g/mol. The van der Waals surface area contributed by atoms with Gasteiger partial charge in [-0.3, -0.25) is 0 Å². The lowest BCUT2D eigenvalue weighted by atomic mass is 10.2. The molecule has 3 N–H and O–H groups in total. The lowest BCUT2D eigenvalue weighted by molar-refractivity contribution is 0.573. The smallest absolute Gasteiger partial charge is 0.242 e. The number of hydrogen-bond acceptors (Lipinski definition) is 4. The summed E-state index contributed by atoms with van der Waals surface area (Å²) in [6, 6.07) is 2.07. The molecule has 0 aromatic carbocycles. The predicted octanol–water partition coefficient (Wildman–Crippen LogP) is 2.08. The minimum atomic E-state index is -3.40. The molecular formula is C14H25N3O2S2. The van der Waals surface area contributed by atoms with Gasteiger partial charge in [-0.05, 0) is 24.7 Å². The van der Waals surface area contributed by atoms with Crippen LogP contribution in [0.15, 0.2) is 17.2 Å². The van der Waals surface area contributed by atoms with Crippen molar-refractivity contribution in [3.05, 3.63) is 18.0 Å². The maximum Gasteiger partial charge on any atom is 0.242 e. The first kappa shape index (κ1) is 16.9. The van der Waals surface area contributed by atoms with Crippen LogP contribution in [0.5, 0.6) is 0 Å². The molecule has 0 saturated carbocycles. The molecule has 120 valence electrons. The molecule has 1 saturated heterocycles. The highest BCUT2D eigenvalue weighted by Gasteiger charge is 2.20. The Kier molecular flexibility index (Phi) is 6.16. The van der Waals surface area contributed by atoms with Gasteiger partial charge in [-0.25, -0.2) is 13.1 Å². The van der Waals surface area contributed by atoms with E-state index in [-0.39, 0.29) is 0 Å². The number of H-pyrrole nitrogens is 1. The minimum absolute atomic E-state index is 0.323. The Labute approximate surface area is 131 Å². The average Bonchev–Trinajstić information content (AvgIpc) is 2.94. The number of sulfonamides is 1. The summed E-state index contributed by atoms with van der Waals surface area (Å²) >= 11 is 1.87. The number of thioether (sulfide) groups is 1. The van der Waals surface area contributed by atoms with Gasteiger partial charge in [-0.15, -0.1) is 0 Å². The van der Waals surface area contributed by atoms with Crippen molar-refractivity contribution in [2.75, 3.05) is 12.3 Å². The second-order valence-electron chi connectivity index (χ2n) is 5.74. The highest BCUT2D eigenvalue weighted by atomic mass is 32.2. The van der Waals surface area contributed by atoms with Gasteiger partial charge in [0.25, 0.3) is 0 Å². The number of rotatable bonds is 7. The Hall–Kier alpha value is -0.500. The largest absolute Gasteiger partial charge is 0.363 e. The van der Waals surface area contributed by atoms with Crippen LogP contribution in [-0.4, -0.2) is 37.0 Å². The molecule has 1 unspecified atom stereocenters. The van der Waals surface area contributed by atoms with Gasteiger partial charge in [0.2, 0.25) is 10.0 Å². The van der Waals surface area contributed by atoms with Crippen LogP contribution in [0.1, 0.15) is 38.8 Å². The van der Waals surface area contributed by atoms with Crippen LogP contribution in [0.25, 0.3) is 0 Å². The first-order valence-electron chi connectivity index (χ1n) is 7.49. The van der Waals surface area contributed by atoms with Crippen LogP contribution in [0, 0.1) is 0 Å². The van der Waals surface area contributed by atoms with E-state index in [2.05, 4.69) is 28.9 Å². The standard InChI is InChI=1S/C14H25N3O2S2/c1-11(2)15-8-12-7-14(10-16-12)21(18,19)17-9-13-5-3-4-6-20-13/h7,10-11,13,15-17H,3-6,8-9H2,1-2H3. The molecule has 0 radical (unpaired) electrons. The Bertz CT molecular complexity index is 534. The molecule has 0 spiro atoms. The van der Waals surface area contributed by atoms with Gasteiger partial charge in [0.15, 0.2) is 0 Å². The number of nitrogens with one attached hydrogen (secondary N) is 3. The summed E-state index contributed by atoms with van der Waals surface area (Å²) in [6.07, 6.45) is 5.12. The van der Waals surface area contributed by atoms with Crippen LogP contribution in [0.3, 0.4) is 0 Å². The van der Waals surface area contributed by atoms with Crippen molar-refractivity contribution in [3.8, 4) is 0 Å². The summed E-state index contributed by atoms with van der Waals surface area (Å²) in [5, 5.41) is 3.67. The fraction of sp³-hybridized carbons (Fsp3) is 0.714. The van der Waals surface area contributed by atoms with E-state index < -0.39 is 10.0 Å². The van der Waals surface area contributed by atoms with Gasteiger partial charge in [0.1, 0.15) is 0 Å². The SMILES string of the molecule is CC(C)NCc1cc(S(=O)(=O)NCC2CCCCS2)c[nH]1. The van der Waals surface area contributed by atoms with Crippen molar-refractivity contribution >= 4 is 21.8 Å². The van der Waals surface area contributed by atoms with E-state index in [1.165, 1.54) is 12.8 Å². The fourth-order valence-corrected chi connectivity index (χ4v) is 4.69. The van der Waals surface area contributed by atoms with Gasteiger partial charge < -0.3 is 10.3 Å². The van der Waals surface area contributed by atoms with E-state index in [9.17, 15) is 8.42 Å². The fourth-order valence-electron chi connectivity index (χ4n) is 2.24. The molecule has 21 heavy (non-hydrogen) atoms. The van der Waals surface area contributed by atoms with Crippen molar-refractivity contribution in [1.29, 1.82) is 0 Å². The molecule has 7 heteroatoms. The summed E-state index contributed by atoms with van der Waals surface area (Å²) in [6.45, 7) is 5.29. The molecule has 2 rings (SSSR count). The van der Waals surface area contributed by atoms with Crippen LogP contribution >= 0.6 is 11.8 Å². The Balaban J connectivity index is 1.89. The van der Waals surface area contributed by atoms with E-state index in [1.54, 1.807) is 12.3 Å². The van der Waals surface area contributed by atoms with Crippen molar-refractivity contribution < 1.29 is 8.42 Å². The van der Waals surface area contributed by atoms with E-state index >= 15 is 0 Å². The third-order valence-corrected chi connectivity index (χ3v) is 6.30. The van der Waals surface area contributed by atoms with Gasteiger partial charge in [0.05, 0.1) is 4.90 Å². The first-order chi connectivity index (χ1) is 9.97. The van der Waals surface area contributed by atoms with Crippen LogP contribution in [0.2, 0.25) is 0 Å². The molecule has 1 fully saturated rings. The summed E-state index contributed by atoms with van der Waals surface area (Å²) in [4.78, 5) is 3.34.